The molecule has 0 aliphatic carbocycles. The average molecular weight is 291 g/mol. The molecule has 112 valence electrons. The van der Waals surface area contributed by atoms with E-state index < -0.39 is 31.5 Å². The number of benzene rings is 2. The highest BCUT2D eigenvalue weighted by molar-refractivity contribution is 6.00. The molecule has 1 amide bonds. The van der Waals surface area contributed by atoms with Crippen LogP contribution < -0.4 is 5.32 Å². The lowest BCUT2D eigenvalue weighted by molar-refractivity contribution is -0.0433. The summed E-state index contributed by atoms with van der Waals surface area (Å²) in [6.07, 6.45) is -3.31. The smallest absolute Gasteiger partial charge is 0.412 e. The van der Waals surface area contributed by atoms with Gasteiger partial charge in [0.15, 0.2) is 6.10 Å². The third-order valence-corrected chi connectivity index (χ3v) is 3.08. The Labute approximate surface area is 121 Å². The van der Waals surface area contributed by atoms with E-state index in [1.807, 2.05) is 30.3 Å². The van der Waals surface area contributed by atoms with Crippen molar-refractivity contribution in [3.05, 3.63) is 42.5 Å². The monoisotopic (exact) mass is 291 g/mol. The van der Waals surface area contributed by atoms with Gasteiger partial charge in [-0.3, -0.25) is 5.32 Å². The van der Waals surface area contributed by atoms with E-state index in [-0.39, 0.29) is 0 Å². The van der Waals surface area contributed by atoms with E-state index in [9.17, 15) is 9.90 Å². The van der Waals surface area contributed by atoms with Gasteiger partial charge >= 0.3 is 6.09 Å². The molecule has 0 saturated carbocycles. The molecule has 0 radical (unpaired) electrons. The van der Waals surface area contributed by atoms with Gasteiger partial charge in [0.25, 0.3) is 0 Å². The Balaban J connectivity index is 2.11. The van der Waals surface area contributed by atoms with Gasteiger partial charge in [0, 0.05) is 5.39 Å². The van der Waals surface area contributed by atoms with Crippen LogP contribution >= 0.6 is 0 Å². The maximum absolute atomic E-state index is 11.8. The number of aliphatic hydroxyl groups excluding tert-OH is 3. The molecule has 2 aromatic rings. The standard InChI is InChI=1S/C15H17NO5/c17-8-13(19)14(9-18)21-15(20)16-12-7-3-5-10-4-1-2-6-11(10)12/h1-7,13-14,17-19H,8-9H2,(H,16,20). The minimum atomic E-state index is -1.33. The topological polar surface area (TPSA) is 99.0 Å². The molecule has 6 heteroatoms. The van der Waals surface area contributed by atoms with E-state index in [1.165, 1.54) is 0 Å². The van der Waals surface area contributed by atoms with Crippen LogP contribution in [0.5, 0.6) is 0 Å². The molecule has 0 spiro atoms. The molecule has 6 nitrogen and oxygen atoms in total. The van der Waals surface area contributed by atoms with Crippen LogP contribution in [0.1, 0.15) is 0 Å². The van der Waals surface area contributed by atoms with Gasteiger partial charge in [0.2, 0.25) is 0 Å². The van der Waals surface area contributed by atoms with Gasteiger partial charge in [-0.2, -0.15) is 0 Å². The van der Waals surface area contributed by atoms with E-state index in [1.54, 1.807) is 12.1 Å². The van der Waals surface area contributed by atoms with Crippen LogP contribution in [0.2, 0.25) is 0 Å². The highest BCUT2D eigenvalue weighted by Gasteiger charge is 2.22. The lowest BCUT2D eigenvalue weighted by Crippen LogP contribution is -2.38. The summed E-state index contributed by atoms with van der Waals surface area (Å²) in [5.41, 5.74) is 0.563. The van der Waals surface area contributed by atoms with Crippen LogP contribution in [0, 0.1) is 0 Å². The molecule has 2 rings (SSSR count). The highest BCUT2D eigenvalue weighted by atomic mass is 16.6. The summed E-state index contributed by atoms with van der Waals surface area (Å²) in [7, 11) is 0. The van der Waals surface area contributed by atoms with Crippen LogP contribution in [-0.4, -0.2) is 46.8 Å². The zero-order chi connectivity index (χ0) is 15.2. The quantitative estimate of drug-likeness (QED) is 0.661. The molecule has 0 aliphatic heterocycles. The summed E-state index contributed by atoms with van der Waals surface area (Å²) in [5.74, 6) is 0. The van der Waals surface area contributed by atoms with E-state index in [0.29, 0.717) is 5.69 Å². The maximum Gasteiger partial charge on any atom is 0.412 e. The Morgan fingerprint density at radius 3 is 2.52 bits per heavy atom. The number of anilines is 1. The second-order valence-electron chi connectivity index (χ2n) is 4.53. The maximum atomic E-state index is 11.8. The van der Waals surface area contributed by atoms with Crippen molar-refractivity contribution >= 4 is 22.6 Å². The molecule has 4 N–H and O–H groups in total. The van der Waals surface area contributed by atoms with Crippen LogP contribution in [-0.2, 0) is 4.74 Å². The van der Waals surface area contributed by atoms with Crippen molar-refractivity contribution in [2.24, 2.45) is 0 Å². The second kappa shape index (κ2) is 7.03. The molecule has 21 heavy (non-hydrogen) atoms. The molecule has 0 heterocycles. The Morgan fingerprint density at radius 2 is 1.81 bits per heavy atom. The van der Waals surface area contributed by atoms with Crippen LogP contribution in [0.3, 0.4) is 0 Å². The van der Waals surface area contributed by atoms with Gasteiger partial charge in [-0.25, -0.2) is 4.79 Å². The van der Waals surface area contributed by atoms with Gasteiger partial charge in [-0.15, -0.1) is 0 Å². The fourth-order valence-electron chi connectivity index (χ4n) is 1.97. The van der Waals surface area contributed by atoms with Gasteiger partial charge in [0.1, 0.15) is 6.10 Å². The summed E-state index contributed by atoms with van der Waals surface area (Å²) in [6, 6.07) is 13.0. The predicted molar refractivity (Wildman–Crippen MR) is 78.0 cm³/mol. The number of carbonyl (C=O) groups excluding carboxylic acids is 1. The number of carbonyl (C=O) groups is 1. The Hall–Kier alpha value is -2.15. The molecule has 2 atom stereocenters. The largest absolute Gasteiger partial charge is 0.441 e. The minimum Gasteiger partial charge on any atom is -0.441 e. The predicted octanol–water partition coefficient (Wildman–Crippen LogP) is 1.10. The zero-order valence-electron chi connectivity index (χ0n) is 11.3. The molecule has 0 saturated heterocycles. The summed E-state index contributed by atoms with van der Waals surface area (Å²) in [6.45, 7) is -1.18. The first-order valence-corrected chi connectivity index (χ1v) is 6.51. The number of hydrogen-bond donors (Lipinski definition) is 4. The molecular weight excluding hydrogens is 274 g/mol. The fourth-order valence-corrected chi connectivity index (χ4v) is 1.97. The number of aliphatic hydroxyl groups is 3. The second-order valence-corrected chi connectivity index (χ2v) is 4.53. The molecular formula is C15H17NO5. The summed E-state index contributed by atoms with van der Waals surface area (Å²) < 4.78 is 4.90. The fraction of sp³-hybridized carbons (Fsp3) is 0.267. The van der Waals surface area contributed by atoms with Crippen molar-refractivity contribution in [2.45, 2.75) is 12.2 Å². The Bertz CT molecular complexity index is 611. The van der Waals surface area contributed by atoms with Crippen LogP contribution in [0.4, 0.5) is 10.5 Å². The average Bonchev–Trinajstić information content (AvgIpc) is 2.52. The Morgan fingerprint density at radius 1 is 1.10 bits per heavy atom. The van der Waals surface area contributed by atoms with E-state index in [4.69, 9.17) is 14.9 Å². The summed E-state index contributed by atoms with van der Waals surface area (Å²) in [5, 5.41) is 31.6. The van der Waals surface area contributed by atoms with Gasteiger partial charge in [-0.1, -0.05) is 36.4 Å². The van der Waals surface area contributed by atoms with Gasteiger partial charge in [0.05, 0.1) is 18.9 Å². The number of fused-ring (bicyclic) bond motifs is 1. The van der Waals surface area contributed by atoms with Crippen molar-refractivity contribution < 1.29 is 24.9 Å². The first kappa shape index (κ1) is 15.2. The van der Waals surface area contributed by atoms with Crippen molar-refractivity contribution in [2.75, 3.05) is 18.5 Å². The highest BCUT2D eigenvalue weighted by Crippen LogP contribution is 2.23. The molecule has 0 aliphatic rings. The molecule has 0 fully saturated rings. The van der Waals surface area contributed by atoms with Crippen molar-refractivity contribution in [3.63, 3.8) is 0 Å². The van der Waals surface area contributed by atoms with Gasteiger partial charge in [-0.05, 0) is 11.5 Å². The first-order valence-electron chi connectivity index (χ1n) is 6.51. The summed E-state index contributed by atoms with van der Waals surface area (Å²) >= 11 is 0. The molecule has 0 aromatic heterocycles. The van der Waals surface area contributed by atoms with Crippen molar-refractivity contribution in [3.8, 4) is 0 Å². The minimum absolute atomic E-state index is 0.563. The van der Waals surface area contributed by atoms with Crippen molar-refractivity contribution in [1.82, 2.24) is 0 Å². The number of nitrogens with one attached hydrogen (secondary N) is 1. The van der Waals surface area contributed by atoms with Crippen LogP contribution in [0.15, 0.2) is 42.5 Å². The van der Waals surface area contributed by atoms with Gasteiger partial charge < -0.3 is 20.1 Å². The summed E-state index contributed by atoms with van der Waals surface area (Å²) in [4.78, 5) is 11.8. The first-order chi connectivity index (χ1) is 10.2. The molecule has 2 aromatic carbocycles. The van der Waals surface area contributed by atoms with Crippen molar-refractivity contribution in [1.29, 1.82) is 0 Å². The lowest BCUT2D eigenvalue weighted by atomic mass is 10.1. The van der Waals surface area contributed by atoms with E-state index in [0.717, 1.165) is 10.8 Å². The van der Waals surface area contributed by atoms with Crippen LogP contribution in [0.25, 0.3) is 10.8 Å². The van der Waals surface area contributed by atoms with E-state index >= 15 is 0 Å². The van der Waals surface area contributed by atoms with E-state index in [2.05, 4.69) is 5.32 Å². The molecule has 0 bridgehead atoms. The normalized spacial score (nSPS) is 13.7. The third-order valence-electron chi connectivity index (χ3n) is 3.08. The third kappa shape index (κ3) is 3.69. The lowest BCUT2D eigenvalue weighted by Gasteiger charge is -2.20. The Kier molecular flexibility index (Phi) is 5.10. The molecule has 2 unspecified atom stereocenters. The number of rotatable bonds is 5. The SMILES string of the molecule is O=C(Nc1cccc2ccccc12)OC(CO)C(O)CO. The number of hydrogen-bond acceptors (Lipinski definition) is 5. The number of ether oxygens (including phenoxy) is 1. The number of amides is 1. The zero-order valence-corrected chi connectivity index (χ0v) is 11.3.